The Bertz CT molecular complexity index is 727. The smallest absolute Gasteiger partial charge is 0.228 e. The SMILES string of the molecule is CN(C)[C@@H](CNC(=O)Cc1csc(N2CCCC2=O)n1)c1ccsc1. The second kappa shape index (κ2) is 8.07. The van der Waals surface area contributed by atoms with Crippen molar-refractivity contribution in [3.05, 3.63) is 33.5 Å². The van der Waals surface area contributed by atoms with E-state index in [0.717, 1.165) is 13.0 Å². The summed E-state index contributed by atoms with van der Waals surface area (Å²) in [5.41, 5.74) is 1.92. The first-order chi connectivity index (χ1) is 12.0. The van der Waals surface area contributed by atoms with E-state index in [-0.39, 0.29) is 24.3 Å². The van der Waals surface area contributed by atoms with Crippen LogP contribution in [-0.2, 0) is 16.0 Å². The number of hydrogen-bond donors (Lipinski definition) is 1. The van der Waals surface area contributed by atoms with Gasteiger partial charge in [0.15, 0.2) is 5.13 Å². The van der Waals surface area contributed by atoms with Gasteiger partial charge in [-0.3, -0.25) is 14.5 Å². The van der Waals surface area contributed by atoms with E-state index in [1.807, 2.05) is 24.9 Å². The highest BCUT2D eigenvalue weighted by atomic mass is 32.1. The Morgan fingerprint density at radius 1 is 1.44 bits per heavy atom. The van der Waals surface area contributed by atoms with Gasteiger partial charge in [-0.2, -0.15) is 11.3 Å². The zero-order valence-corrected chi connectivity index (χ0v) is 16.0. The molecular formula is C17H22N4O2S2. The quantitative estimate of drug-likeness (QED) is 0.803. The molecule has 25 heavy (non-hydrogen) atoms. The highest BCUT2D eigenvalue weighted by Crippen LogP contribution is 2.25. The molecule has 1 atom stereocenters. The molecule has 0 unspecified atom stereocenters. The molecule has 0 saturated carbocycles. The fourth-order valence-electron chi connectivity index (χ4n) is 2.85. The molecule has 1 aliphatic rings. The number of thiophene rings is 1. The average Bonchev–Trinajstić information content (AvgIpc) is 3.29. The molecule has 0 aromatic carbocycles. The summed E-state index contributed by atoms with van der Waals surface area (Å²) in [6.45, 7) is 1.29. The number of hydrogen-bond acceptors (Lipinski definition) is 6. The number of amides is 2. The lowest BCUT2D eigenvalue weighted by Crippen LogP contribution is -2.35. The van der Waals surface area contributed by atoms with E-state index in [1.165, 1.54) is 16.9 Å². The summed E-state index contributed by atoms with van der Waals surface area (Å²) in [4.78, 5) is 32.3. The van der Waals surface area contributed by atoms with Crippen LogP contribution in [0.1, 0.15) is 30.1 Å². The molecule has 6 nitrogen and oxygen atoms in total. The monoisotopic (exact) mass is 378 g/mol. The van der Waals surface area contributed by atoms with Crippen LogP contribution in [0.4, 0.5) is 5.13 Å². The van der Waals surface area contributed by atoms with Crippen LogP contribution in [0.25, 0.3) is 0 Å². The summed E-state index contributed by atoms with van der Waals surface area (Å²) in [5.74, 6) is 0.0709. The third-order valence-electron chi connectivity index (χ3n) is 4.23. The van der Waals surface area contributed by atoms with Gasteiger partial charge < -0.3 is 10.2 Å². The number of rotatable bonds is 7. The number of carbonyl (C=O) groups is 2. The molecule has 134 valence electrons. The van der Waals surface area contributed by atoms with Gasteiger partial charge in [0.25, 0.3) is 0 Å². The molecule has 1 fully saturated rings. The minimum Gasteiger partial charge on any atom is -0.354 e. The molecule has 1 aliphatic heterocycles. The third kappa shape index (κ3) is 4.45. The second-order valence-electron chi connectivity index (χ2n) is 6.29. The molecule has 8 heteroatoms. The minimum absolute atomic E-state index is 0.0494. The number of carbonyl (C=O) groups excluding carboxylic acids is 2. The number of nitrogens with one attached hydrogen (secondary N) is 1. The number of nitrogens with zero attached hydrogens (tertiary/aromatic N) is 3. The van der Waals surface area contributed by atoms with Crippen molar-refractivity contribution < 1.29 is 9.59 Å². The van der Waals surface area contributed by atoms with Crippen LogP contribution in [0.2, 0.25) is 0 Å². The van der Waals surface area contributed by atoms with E-state index in [1.54, 1.807) is 16.2 Å². The molecule has 0 radical (unpaired) electrons. The van der Waals surface area contributed by atoms with Crippen LogP contribution in [-0.4, -0.2) is 48.9 Å². The molecule has 1 N–H and O–H groups in total. The first kappa shape index (κ1) is 18.0. The predicted octanol–water partition coefficient (Wildman–Crippen LogP) is 2.29. The van der Waals surface area contributed by atoms with Gasteiger partial charge in [-0.05, 0) is 42.9 Å². The molecule has 2 aromatic heterocycles. The molecule has 2 amide bonds. The highest BCUT2D eigenvalue weighted by Gasteiger charge is 2.24. The molecule has 3 rings (SSSR count). The third-order valence-corrected chi connectivity index (χ3v) is 5.84. The van der Waals surface area contributed by atoms with Gasteiger partial charge >= 0.3 is 0 Å². The maximum Gasteiger partial charge on any atom is 0.228 e. The first-order valence-corrected chi connectivity index (χ1v) is 10.1. The lowest BCUT2D eigenvalue weighted by Gasteiger charge is -2.23. The van der Waals surface area contributed by atoms with Crippen molar-refractivity contribution in [1.29, 1.82) is 0 Å². The fraction of sp³-hybridized carbons (Fsp3) is 0.471. The zero-order valence-electron chi connectivity index (χ0n) is 14.4. The molecule has 0 spiro atoms. The van der Waals surface area contributed by atoms with Gasteiger partial charge in [-0.15, -0.1) is 11.3 Å². The number of anilines is 1. The van der Waals surface area contributed by atoms with E-state index in [4.69, 9.17) is 0 Å². The number of aromatic nitrogens is 1. The molecular weight excluding hydrogens is 356 g/mol. The number of thiazole rings is 1. The maximum atomic E-state index is 12.3. The summed E-state index contributed by atoms with van der Waals surface area (Å²) < 4.78 is 0. The van der Waals surface area contributed by atoms with Gasteiger partial charge in [0.05, 0.1) is 18.2 Å². The van der Waals surface area contributed by atoms with Crippen molar-refractivity contribution >= 4 is 39.6 Å². The Labute approximate surface area is 155 Å². The summed E-state index contributed by atoms with van der Waals surface area (Å²) in [6, 6.07) is 2.24. The maximum absolute atomic E-state index is 12.3. The van der Waals surface area contributed by atoms with E-state index in [0.29, 0.717) is 23.8 Å². The van der Waals surface area contributed by atoms with E-state index in [9.17, 15) is 9.59 Å². The van der Waals surface area contributed by atoms with Crippen molar-refractivity contribution in [2.75, 3.05) is 32.1 Å². The van der Waals surface area contributed by atoms with Crippen LogP contribution in [0.15, 0.2) is 22.2 Å². The minimum atomic E-state index is -0.0494. The van der Waals surface area contributed by atoms with Gasteiger partial charge in [0.1, 0.15) is 0 Å². The molecule has 0 bridgehead atoms. The molecule has 3 heterocycles. The highest BCUT2D eigenvalue weighted by molar-refractivity contribution is 7.14. The summed E-state index contributed by atoms with van der Waals surface area (Å²) >= 11 is 3.08. The van der Waals surface area contributed by atoms with Gasteiger partial charge in [0, 0.05) is 24.9 Å². The van der Waals surface area contributed by atoms with Crippen molar-refractivity contribution in [2.45, 2.75) is 25.3 Å². The van der Waals surface area contributed by atoms with Gasteiger partial charge in [-0.1, -0.05) is 0 Å². The Balaban J connectivity index is 1.54. The zero-order chi connectivity index (χ0) is 17.8. The molecule has 0 aliphatic carbocycles. The molecule has 1 saturated heterocycles. The lowest BCUT2D eigenvalue weighted by atomic mass is 10.1. The van der Waals surface area contributed by atoms with Crippen LogP contribution >= 0.6 is 22.7 Å². The fourth-order valence-corrected chi connectivity index (χ4v) is 4.43. The van der Waals surface area contributed by atoms with Crippen molar-refractivity contribution in [2.24, 2.45) is 0 Å². The van der Waals surface area contributed by atoms with Crippen LogP contribution < -0.4 is 10.2 Å². The van der Waals surface area contributed by atoms with Crippen molar-refractivity contribution in [1.82, 2.24) is 15.2 Å². The normalized spacial score (nSPS) is 15.8. The van der Waals surface area contributed by atoms with Gasteiger partial charge in [-0.25, -0.2) is 4.98 Å². The van der Waals surface area contributed by atoms with Crippen LogP contribution in [0.3, 0.4) is 0 Å². The van der Waals surface area contributed by atoms with Gasteiger partial charge in [0.2, 0.25) is 11.8 Å². The van der Waals surface area contributed by atoms with Crippen LogP contribution in [0.5, 0.6) is 0 Å². The number of likely N-dealkylation sites (N-methyl/N-ethyl adjacent to an activating group) is 1. The van der Waals surface area contributed by atoms with E-state index >= 15 is 0 Å². The van der Waals surface area contributed by atoms with Crippen LogP contribution in [0, 0.1) is 0 Å². The summed E-state index contributed by atoms with van der Waals surface area (Å²) in [6.07, 6.45) is 1.70. The van der Waals surface area contributed by atoms with E-state index in [2.05, 4.69) is 26.6 Å². The first-order valence-electron chi connectivity index (χ1n) is 8.24. The lowest BCUT2D eigenvalue weighted by molar-refractivity contribution is -0.120. The Kier molecular flexibility index (Phi) is 5.82. The predicted molar refractivity (Wildman–Crippen MR) is 101 cm³/mol. The van der Waals surface area contributed by atoms with E-state index < -0.39 is 0 Å². The molecule has 2 aromatic rings. The standard InChI is InChI=1S/C17H22N4O2S2/c1-20(2)14(12-5-7-24-10-12)9-18-15(22)8-13-11-25-17(19-13)21-6-3-4-16(21)23/h5,7,10-11,14H,3-4,6,8-9H2,1-2H3,(H,18,22)/t14-/m0/s1. The topological polar surface area (TPSA) is 65.5 Å². The Morgan fingerprint density at radius 3 is 2.92 bits per heavy atom. The summed E-state index contributed by atoms with van der Waals surface area (Å²) in [7, 11) is 4.02. The largest absolute Gasteiger partial charge is 0.354 e. The Morgan fingerprint density at radius 2 is 2.28 bits per heavy atom. The second-order valence-corrected chi connectivity index (χ2v) is 7.90. The van der Waals surface area contributed by atoms with Crippen molar-refractivity contribution in [3.63, 3.8) is 0 Å². The van der Waals surface area contributed by atoms with Crippen molar-refractivity contribution in [3.8, 4) is 0 Å². The summed E-state index contributed by atoms with van der Waals surface area (Å²) in [5, 5.41) is 9.72. The Hall–Kier alpha value is -1.77. The average molecular weight is 379 g/mol.